The van der Waals surface area contributed by atoms with Gasteiger partial charge in [-0.1, -0.05) is 0 Å². The number of aryl methyl sites for hydroxylation is 1. The van der Waals surface area contributed by atoms with E-state index in [1.54, 1.807) is 7.11 Å². The van der Waals surface area contributed by atoms with E-state index < -0.39 is 0 Å². The first kappa shape index (κ1) is 10.6. The maximum atomic E-state index is 5.06. The van der Waals surface area contributed by atoms with Gasteiger partial charge in [0.25, 0.3) is 0 Å². The van der Waals surface area contributed by atoms with Gasteiger partial charge in [-0.3, -0.25) is 0 Å². The molecule has 0 unspecified atom stereocenters. The average Bonchev–Trinajstić information content (AvgIpc) is 2.16. The second-order valence-corrected chi connectivity index (χ2v) is 4.21. The standard InChI is InChI=1S/C11H12O.W/c1-10-5-7-11(8-6-10)4-3-9-12-2;/h3-8H,1-2H3;/b4-3+;. The van der Waals surface area contributed by atoms with Crippen LogP contribution in [-0.2, 0) is 24.1 Å². The fourth-order valence-electron chi connectivity index (χ4n) is 0.910. The molecule has 0 N–H and O–H groups in total. The van der Waals surface area contributed by atoms with Crippen LogP contribution in [0.3, 0.4) is 0 Å². The molecule has 0 fully saturated rings. The zero-order valence-electron chi connectivity index (χ0n) is 7.78. The number of hydrogen-bond acceptors (Lipinski definition) is 1. The third kappa shape index (κ3) is 3.80. The van der Waals surface area contributed by atoms with Crippen molar-refractivity contribution in [3.8, 4) is 0 Å². The molecule has 0 aliphatic rings. The number of hydrogen-bond donors (Lipinski definition) is 0. The molecular formula is C11H12OW. The molecule has 1 aromatic carbocycles. The van der Waals surface area contributed by atoms with Crippen LogP contribution in [0.1, 0.15) is 11.1 Å². The van der Waals surface area contributed by atoms with Crippen molar-refractivity contribution in [1.29, 1.82) is 0 Å². The molecule has 1 aromatic rings. The molecular weight excluding hydrogens is 332 g/mol. The molecule has 0 aromatic heterocycles. The Kier molecular flexibility index (Phi) is 4.27. The van der Waals surface area contributed by atoms with E-state index in [0.29, 0.717) is 0 Å². The third-order valence-corrected chi connectivity index (χ3v) is 2.78. The molecule has 0 aliphatic heterocycles. The number of ether oxygens (including phenoxy) is 1. The average molecular weight is 344 g/mol. The zero-order valence-corrected chi connectivity index (χ0v) is 10.7. The number of rotatable bonds is 3. The molecule has 0 spiro atoms. The second-order valence-electron chi connectivity index (χ2n) is 2.77. The molecule has 0 radical (unpaired) electrons. The van der Waals surface area contributed by atoms with Gasteiger partial charge in [-0.05, 0) is 0 Å². The van der Waals surface area contributed by atoms with Crippen molar-refractivity contribution in [2.75, 3.05) is 7.11 Å². The summed E-state index contributed by atoms with van der Waals surface area (Å²) in [4.78, 5) is 0. The van der Waals surface area contributed by atoms with Gasteiger partial charge in [0.1, 0.15) is 0 Å². The van der Waals surface area contributed by atoms with E-state index in [0.717, 1.165) is 4.08 Å². The third-order valence-electron chi connectivity index (χ3n) is 1.69. The van der Waals surface area contributed by atoms with E-state index in [4.69, 9.17) is 4.74 Å². The van der Waals surface area contributed by atoms with Crippen LogP contribution in [0.15, 0.2) is 30.3 Å². The fourth-order valence-corrected chi connectivity index (χ4v) is 1.15. The molecule has 0 bridgehead atoms. The van der Waals surface area contributed by atoms with Crippen LogP contribution in [0.25, 0.3) is 6.08 Å². The number of benzene rings is 1. The van der Waals surface area contributed by atoms with Gasteiger partial charge in [-0.2, -0.15) is 0 Å². The van der Waals surface area contributed by atoms with Crippen LogP contribution in [0.5, 0.6) is 0 Å². The van der Waals surface area contributed by atoms with Crippen molar-refractivity contribution in [2.45, 2.75) is 6.92 Å². The van der Waals surface area contributed by atoms with Gasteiger partial charge in [-0.25, -0.2) is 0 Å². The van der Waals surface area contributed by atoms with Crippen molar-refractivity contribution in [3.63, 3.8) is 0 Å². The van der Waals surface area contributed by atoms with Crippen LogP contribution in [0.4, 0.5) is 0 Å². The van der Waals surface area contributed by atoms with Crippen molar-refractivity contribution in [3.05, 3.63) is 41.5 Å². The van der Waals surface area contributed by atoms with Gasteiger partial charge in [0, 0.05) is 0 Å². The first-order chi connectivity index (χ1) is 6.22. The number of methoxy groups -OCH3 is 1. The zero-order chi connectivity index (χ0) is 9.68. The minimum absolute atomic E-state index is 1.00. The van der Waals surface area contributed by atoms with Gasteiger partial charge in [-0.15, -0.1) is 0 Å². The summed E-state index contributed by atoms with van der Waals surface area (Å²) < 4.78 is 6.06. The summed E-state index contributed by atoms with van der Waals surface area (Å²) in [7, 11) is 1.70. The molecule has 68 valence electrons. The predicted molar refractivity (Wildman–Crippen MR) is 52.2 cm³/mol. The predicted octanol–water partition coefficient (Wildman–Crippen LogP) is 2.33. The summed E-state index contributed by atoms with van der Waals surface area (Å²) in [6.45, 7) is 2.09. The van der Waals surface area contributed by atoms with Crippen molar-refractivity contribution >= 4 is 10.2 Å². The van der Waals surface area contributed by atoms with E-state index in [-0.39, 0.29) is 0 Å². The van der Waals surface area contributed by atoms with Crippen molar-refractivity contribution in [1.82, 2.24) is 0 Å². The molecule has 2 heteroatoms. The first-order valence-corrected chi connectivity index (χ1v) is 5.52. The molecule has 0 aliphatic carbocycles. The van der Waals surface area contributed by atoms with Crippen LogP contribution in [0, 0.1) is 6.92 Å². The Balaban J connectivity index is 2.69. The molecule has 0 saturated heterocycles. The van der Waals surface area contributed by atoms with Gasteiger partial charge >= 0.3 is 89.8 Å². The van der Waals surface area contributed by atoms with Crippen molar-refractivity contribution in [2.24, 2.45) is 0 Å². The van der Waals surface area contributed by atoms with Gasteiger partial charge in [0.15, 0.2) is 0 Å². The van der Waals surface area contributed by atoms with E-state index >= 15 is 0 Å². The first-order valence-electron chi connectivity index (χ1n) is 4.05. The maximum absolute atomic E-state index is 5.06. The summed E-state index contributed by atoms with van der Waals surface area (Å²) in [6, 6.07) is 8.41. The summed E-state index contributed by atoms with van der Waals surface area (Å²) in [5.74, 6) is 0. The summed E-state index contributed by atoms with van der Waals surface area (Å²) in [5.41, 5.74) is 2.50. The van der Waals surface area contributed by atoms with Crippen LogP contribution >= 0.6 is 0 Å². The molecule has 0 heterocycles. The molecule has 0 saturated carbocycles. The topological polar surface area (TPSA) is 9.23 Å². The van der Waals surface area contributed by atoms with Crippen LogP contribution < -0.4 is 0 Å². The van der Waals surface area contributed by atoms with E-state index in [2.05, 4.69) is 37.3 Å². The van der Waals surface area contributed by atoms with E-state index in [9.17, 15) is 0 Å². The quantitative estimate of drug-likeness (QED) is 0.818. The molecule has 0 amide bonds. The van der Waals surface area contributed by atoms with Gasteiger partial charge in [0.05, 0.1) is 0 Å². The molecule has 13 heavy (non-hydrogen) atoms. The normalized spacial score (nSPS) is 10.6. The second kappa shape index (κ2) is 5.26. The van der Waals surface area contributed by atoms with Crippen molar-refractivity contribution < 1.29 is 24.1 Å². The Bertz CT molecular complexity index is 311. The fraction of sp³-hybridized carbons (Fsp3) is 0.182. The Morgan fingerprint density at radius 3 is 2.46 bits per heavy atom. The van der Waals surface area contributed by atoms with E-state index in [1.165, 1.54) is 30.5 Å². The Hall–Kier alpha value is -0.522. The molecule has 0 atom stereocenters. The minimum atomic E-state index is 1.00. The molecule has 1 nitrogen and oxygen atoms in total. The Morgan fingerprint density at radius 2 is 1.92 bits per heavy atom. The van der Waals surface area contributed by atoms with Crippen LogP contribution in [0.2, 0.25) is 0 Å². The Morgan fingerprint density at radius 1 is 1.31 bits per heavy atom. The van der Waals surface area contributed by atoms with Gasteiger partial charge in [0.2, 0.25) is 0 Å². The summed E-state index contributed by atoms with van der Waals surface area (Å²) >= 11 is 1.35. The monoisotopic (exact) mass is 344 g/mol. The Labute approximate surface area is 89.8 Å². The van der Waals surface area contributed by atoms with E-state index in [1.807, 2.05) is 6.08 Å². The summed E-state index contributed by atoms with van der Waals surface area (Å²) in [6.07, 6.45) is 4.06. The van der Waals surface area contributed by atoms with Gasteiger partial charge < -0.3 is 0 Å². The summed E-state index contributed by atoms with van der Waals surface area (Å²) in [5, 5.41) is 0. The SMILES string of the molecule is CO[C](=[W])/C=C/c1ccc(C)cc1. The van der Waals surface area contributed by atoms with Crippen LogP contribution in [-0.4, -0.2) is 11.2 Å². The molecule has 1 rings (SSSR count).